The van der Waals surface area contributed by atoms with Crippen LogP contribution in [0.3, 0.4) is 0 Å². The van der Waals surface area contributed by atoms with Crippen LogP contribution in [0.4, 0.5) is 13.2 Å². The second-order valence-corrected chi connectivity index (χ2v) is 10.5. The molecule has 40 heavy (non-hydrogen) atoms. The number of nitrogens with two attached hydrogens (primary N) is 1. The van der Waals surface area contributed by atoms with Crippen molar-refractivity contribution in [1.82, 2.24) is 10.1 Å². The lowest BCUT2D eigenvalue weighted by atomic mass is 9.86. The van der Waals surface area contributed by atoms with Gasteiger partial charge in [0, 0.05) is 24.5 Å². The second-order valence-electron chi connectivity index (χ2n) is 10.5. The molecule has 0 bridgehead atoms. The van der Waals surface area contributed by atoms with Crippen LogP contribution in [0.25, 0.3) is 11.4 Å². The maximum atomic E-state index is 13.7. The first kappa shape index (κ1) is 35.4. The van der Waals surface area contributed by atoms with Gasteiger partial charge < -0.3 is 20.1 Å². The number of amidine groups is 1. The smallest absolute Gasteiger partial charge is 0.419 e. The van der Waals surface area contributed by atoms with Gasteiger partial charge in [0.2, 0.25) is 11.7 Å². The lowest BCUT2D eigenvalue weighted by molar-refractivity contribution is -0.138. The Kier molecular flexibility index (Phi) is 16.5. The third kappa shape index (κ3) is 12.3. The van der Waals surface area contributed by atoms with Gasteiger partial charge in [0.25, 0.3) is 0 Å². The van der Waals surface area contributed by atoms with Crippen LogP contribution >= 0.6 is 0 Å². The monoisotopic (exact) mass is 570 g/mol. The molecule has 0 radical (unpaired) electrons. The topological polar surface area (TPSA) is 118 Å². The molecule has 0 amide bonds. The predicted octanol–water partition coefficient (Wildman–Crippen LogP) is 8.37. The Morgan fingerprint density at radius 1 is 1.15 bits per heavy atom. The molecule has 1 saturated carbocycles. The maximum Gasteiger partial charge on any atom is 0.419 e. The van der Waals surface area contributed by atoms with Crippen molar-refractivity contribution in [1.29, 1.82) is 5.41 Å². The van der Waals surface area contributed by atoms with Gasteiger partial charge in [-0.25, -0.2) is 0 Å². The molecule has 1 aromatic carbocycles. The van der Waals surface area contributed by atoms with E-state index < -0.39 is 11.7 Å². The summed E-state index contributed by atoms with van der Waals surface area (Å²) in [6, 6.07) is 3.99. The number of aliphatic hydroxyl groups excluding tert-OH is 1. The zero-order chi connectivity index (χ0) is 30.1. The average Bonchev–Trinajstić information content (AvgIpc) is 3.45. The third-order valence-corrected chi connectivity index (χ3v) is 7.28. The van der Waals surface area contributed by atoms with Crippen molar-refractivity contribution in [2.75, 3.05) is 13.7 Å². The van der Waals surface area contributed by atoms with E-state index in [4.69, 9.17) is 25.5 Å². The molecule has 2 unspecified atom stereocenters. The minimum Gasteiger partial charge on any atom is -0.493 e. The van der Waals surface area contributed by atoms with Crippen molar-refractivity contribution < 1.29 is 27.5 Å². The van der Waals surface area contributed by atoms with E-state index in [1.54, 1.807) is 6.07 Å². The predicted molar refractivity (Wildman–Crippen MR) is 153 cm³/mol. The van der Waals surface area contributed by atoms with Gasteiger partial charge >= 0.3 is 6.18 Å². The second kappa shape index (κ2) is 18.7. The summed E-state index contributed by atoms with van der Waals surface area (Å²) in [7, 11) is 1.00. The first-order valence-corrected chi connectivity index (χ1v) is 14.5. The minimum atomic E-state index is -4.52. The van der Waals surface area contributed by atoms with Crippen molar-refractivity contribution >= 4 is 5.84 Å². The molecule has 7 nitrogen and oxygen atoms in total. The van der Waals surface area contributed by atoms with Crippen LogP contribution in [0.5, 0.6) is 5.75 Å². The molecule has 1 fully saturated rings. The van der Waals surface area contributed by atoms with Crippen LogP contribution in [0, 0.1) is 17.2 Å². The number of unbranched alkanes of at least 4 members (excludes halogenated alkanes) is 1. The number of nitrogens with zero attached hydrogens (tertiary/aromatic N) is 2. The molecule has 2 atom stereocenters. The fourth-order valence-electron chi connectivity index (χ4n) is 4.45. The van der Waals surface area contributed by atoms with Crippen molar-refractivity contribution in [3.8, 4) is 17.1 Å². The average molecular weight is 571 g/mol. The highest BCUT2D eigenvalue weighted by atomic mass is 19.4. The first-order valence-electron chi connectivity index (χ1n) is 14.5. The standard InChI is InChI=1S/C24H33F3N2O2.C5H12N2.CH4O/c1-3-4-9-17(2)23-28-22(29-31-23)19-13-14-21(20(16-19)24(25,26)27)30-15-8-12-18-10-6-5-7-11-18;1-3-4(2)5(6)7;1-2/h13-14,16-18H,3-12,15H2,1-2H3;4H,3H2,1-2H3,(H3,6,7);2H,1H3. The summed E-state index contributed by atoms with van der Waals surface area (Å²) in [4.78, 5) is 4.33. The molecule has 1 aliphatic carbocycles. The molecule has 2 aromatic rings. The molecule has 1 aliphatic rings. The number of hydrogen-bond acceptors (Lipinski definition) is 6. The number of ether oxygens (including phenoxy) is 1. The molecular formula is C30H49F3N4O3. The lowest BCUT2D eigenvalue weighted by Crippen LogP contribution is -2.18. The summed E-state index contributed by atoms with van der Waals surface area (Å²) in [5, 5.41) is 17.8. The summed E-state index contributed by atoms with van der Waals surface area (Å²) in [6.45, 7) is 8.34. The van der Waals surface area contributed by atoms with E-state index in [0.717, 1.165) is 51.7 Å². The highest BCUT2D eigenvalue weighted by Crippen LogP contribution is 2.39. The normalized spacial score (nSPS) is 15.2. The molecule has 1 aromatic heterocycles. The zero-order valence-electron chi connectivity index (χ0n) is 24.8. The van der Waals surface area contributed by atoms with Gasteiger partial charge in [0.15, 0.2) is 0 Å². The Labute approximate surface area is 237 Å². The molecule has 0 spiro atoms. The summed E-state index contributed by atoms with van der Waals surface area (Å²) in [6.07, 6.45) is 7.51. The van der Waals surface area contributed by atoms with Crippen molar-refractivity contribution in [2.24, 2.45) is 17.6 Å². The summed E-state index contributed by atoms with van der Waals surface area (Å²) >= 11 is 0. The number of benzene rings is 1. The van der Waals surface area contributed by atoms with E-state index in [9.17, 15) is 13.2 Å². The van der Waals surface area contributed by atoms with E-state index in [1.807, 2.05) is 20.8 Å². The van der Waals surface area contributed by atoms with Crippen LogP contribution in [-0.2, 0) is 6.18 Å². The fraction of sp³-hybridized carbons (Fsp3) is 0.700. The Bertz CT molecular complexity index is 975. The first-order chi connectivity index (χ1) is 19.1. The van der Waals surface area contributed by atoms with Crippen LogP contribution in [-0.4, -0.2) is 34.8 Å². The summed E-state index contributed by atoms with van der Waals surface area (Å²) < 4.78 is 51.9. The van der Waals surface area contributed by atoms with E-state index >= 15 is 0 Å². The van der Waals surface area contributed by atoms with E-state index in [-0.39, 0.29) is 29.0 Å². The molecule has 3 rings (SSSR count). The number of aliphatic hydroxyl groups is 1. The molecule has 0 aliphatic heterocycles. The van der Waals surface area contributed by atoms with Crippen LogP contribution in [0.1, 0.15) is 116 Å². The van der Waals surface area contributed by atoms with Gasteiger partial charge in [-0.05, 0) is 49.8 Å². The third-order valence-electron chi connectivity index (χ3n) is 7.28. The van der Waals surface area contributed by atoms with Gasteiger partial charge in [-0.3, -0.25) is 5.41 Å². The van der Waals surface area contributed by atoms with Gasteiger partial charge in [-0.1, -0.05) is 77.8 Å². The summed E-state index contributed by atoms with van der Waals surface area (Å²) in [5.74, 6) is 1.82. The number of halogens is 3. The molecule has 228 valence electrons. The molecule has 10 heteroatoms. The number of rotatable bonds is 12. The fourth-order valence-corrected chi connectivity index (χ4v) is 4.45. The van der Waals surface area contributed by atoms with Gasteiger partial charge in [-0.15, -0.1) is 0 Å². The quantitative estimate of drug-likeness (QED) is 0.134. The van der Waals surface area contributed by atoms with Crippen LogP contribution < -0.4 is 10.5 Å². The van der Waals surface area contributed by atoms with Gasteiger partial charge in [0.05, 0.1) is 18.0 Å². The maximum absolute atomic E-state index is 13.7. The molecule has 0 saturated heterocycles. The lowest BCUT2D eigenvalue weighted by Gasteiger charge is -2.21. The number of aromatic nitrogens is 2. The van der Waals surface area contributed by atoms with Gasteiger partial charge in [0.1, 0.15) is 5.75 Å². The van der Waals surface area contributed by atoms with Crippen molar-refractivity contribution in [2.45, 2.75) is 110 Å². The van der Waals surface area contributed by atoms with E-state index in [1.165, 1.54) is 38.2 Å². The molecule has 1 heterocycles. The highest BCUT2D eigenvalue weighted by Gasteiger charge is 2.35. The number of hydrogen-bond donors (Lipinski definition) is 3. The largest absolute Gasteiger partial charge is 0.493 e. The Morgan fingerprint density at radius 3 is 2.38 bits per heavy atom. The Hall–Kier alpha value is -2.62. The highest BCUT2D eigenvalue weighted by molar-refractivity contribution is 5.79. The summed E-state index contributed by atoms with van der Waals surface area (Å²) in [5.41, 5.74) is 4.61. The van der Waals surface area contributed by atoms with Crippen LogP contribution in [0.15, 0.2) is 22.7 Å². The van der Waals surface area contributed by atoms with Gasteiger partial charge in [-0.2, -0.15) is 18.2 Å². The van der Waals surface area contributed by atoms with E-state index in [0.29, 0.717) is 24.3 Å². The molecular weight excluding hydrogens is 521 g/mol. The van der Waals surface area contributed by atoms with Crippen molar-refractivity contribution in [3.63, 3.8) is 0 Å². The Balaban J connectivity index is 0.000000775. The SMILES string of the molecule is CCC(C)C(=N)N.CCCCC(C)c1nc(-c2ccc(OCCCC3CCCCC3)c(C(F)(F)F)c2)no1.CO. The minimum absolute atomic E-state index is 0.0788. The number of nitrogens with one attached hydrogen (secondary N) is 1. The number of alkyl halides is 3. The van der Waals surface area contributed by atoms with Crippen molar-refractivity contribution in [3.05, 3.63) is 29.7 Å². The molecule has 4 N–H and O–H groups in total. The zero-order valence-corrected chi connectivity index (χ0v) is 24.8. The Morgan fingerprint density at radius 2 is 1.82 bits per heavy atom. The van der Waals surface area contributed by atoms with Crippen LogP contribution in [0.2, 0.25) is 0 Å². The van der Waals surface area contributed by atoms with E-state index in [2.05, 4.69) is 17.1 Å².